The highest BCUT2D eigenvalue weighted by molar-refractivity contribution is 9.10. The molecular weight excluding hydrogens is 334 g/mol. The van der Waals surface area contributed by atoms with E-state index in [1.54, 1.807) is 11.3 Å². The summed E-state index contributed by atoms with van der Waals surface area (Å²) in [5.41, 5.74) is 2.53. The van der Waals surface area contributed by atoms with Gasteiger partial charge >= 0.3 is 0 Å². The van der Waals surface area contributed by atoms with Crippen LogP contribution >= 0.6 is 27.3 Å². The molecule has 100 valence electrons. The summed E-state index contributed by atoms with van der Waals surface area (Å²) < 4.78 is 2.14. The van der Waals surface area contributed by atoms with Crippen molar-refractivity contribution in [3.63, 3.8) is 0 Å². The lowest BCUT2D eigenvalue weighted by atomic mass is 10.1. The van der Waals surface area contributed by atoms with Crippen LogP contribution in [-0.2, 0) is 0 Å². The first kappa shape index (κ1) is 13.3. The number of nitrogens with one attached hydrogen (secondary N) is 1. The minimum absolute atomic E-state index is 0.0935. The molecule has 0 spiro atoms. The standard InChI is InChI=1S/C16H12BrNOS/c1-10-6-12(8-13(17)7-10)16(19)18-14-2-3-15-11(9-14)4-5-20-15/h2-9H,1H3,(H,18,19). The molecule has 1 aromatic heterocycles. The fourth-order valence-electron chi connectivity index (χ4n) is 2.12. The monoisotopic (exact) mass is 345 g/mol. The Labute approximate surface area is 129 Å². The largest absolute Gasteiger partial charge is 0.322 e. The van der Waals surface area contributed by atoms with E-state index in [1.165, 1.54) is 4.70 Å². The number of hydrogen-bond acceptors (Lipinski definition) is 2. The summed E-state index contributed by atoms with van der Waals surface area (Å²) >= 11 is 5.11. The first-order valence-electron chi connectivity index (χ1n) is 6.18. The first-order chi connectivity index (χ1) is 9.61. The van der Waals surface area contributed by atoms with Gasteiger partial charge in [0.25, 0.3) is 5.91 Å². The molecule has 20 heavy (non-hydrogen) atoms. The van der Waals surface area contributed by atoms with Gasteiger partial charge in [-0.1, -0.05) is 15.9 Å². The number of fused-ring (bicyclic) bond motifs is 1. The third-order valence-electron chi connectivity index (χ3n) is 3.01. The molecule has 0 atom stereocenters. The predicted octanol–water partition coefficient (Wildman–Crippen LogP) is 5.22. The Bertz CT molecular complexity index is 774. The van der Waals surface area contributed by atoms with Crippen molar-refractivity contribution in [2.75, 3.05) is 5.32 Å². The summed E-state index contributed by atoms with van der Waals surface area (Å²) in [5.74, 6) is -0.0935. The average Bonchev–Trinajstić information content (AvgIpc) is 2.85. The molecule has 0 aliphatic carbocycles. The van der Waals surface area contributed by atoms with Crippen LogP contribution in [0.2, 0.25) is 0 Å². The Morgan fingerprint density at radius 2 is 2.00 bits per heavy atom. The summed E-state index contributed by atoms with van der Waals surface area (Å²) in [5, 5.41) is 6.14. The maximum atomic E-state index is 12.3. The topological polar surface area (TPSA) is 29.1 Å². The minimum atomic E-state index is -0.0935. The van der Waals surface area contributed by atoms with Crippen molar-refractivity contribution >= 4 is 48.9 Å². The number of anilines is 1. The summed E-state index contributed by atoms with van der Waals surface area (Å²) in [7, 11) is 0. The van der Waals surface area contributed by atoms with Crippen LogP contribution in [0.3, 0.4) is 0 Å². The molecule has 1 amide bonds. The van der Waals surface area contributed by atoms with Gasteiger partial charge in [0.2, 0.25) is 0 Å². The van der Waals surface area contributed by atoms with E-state index in [4.69, 9.17) is 0 Å². The van der Waals surface area contributed by atoms with Crippen molar-refractivity contribution in [3.8, 4) is 0 Å². The van der Waals surface area contributed by atoms with Crippen molar-refractivity contribution < 1.29 is 4.79 Å². The fourth-order valence-corrected chi connectivity index (χ4v) is 3.49. The molecule has 2 aromatic carbocycles. The Kier molecular flexibility index (Phi) is 3.59. The van der Waals surface area contributed by atoms with Crippen LogP contribution < -0.4 is 5.32 Å². The van der Waals surface area contributed by atoms with Crippen LogP contribution in [0.1, 0.15) is 15.9 Å². The second-order valence-corrected chi connectivity index (χ2v) is 6.51. The molecular formula is C16H12BrNOS. The third kappa shape index (κ3) is 2.76. The molecule has 4 heteroatoms. The first-order valence-corrected chi connectivity index (χ1v) is 7.85. The van der Waals surface area contributed by atoms with Gasteiger partial charge in [-0.15, -0.1) is 11.3 Å². The molecule has 1 N–H and O–H groups in total. The number of carbonyl (C=O) groups is 1. The third-order valence-corrected chi connectivity index (χ3v) is 4.37. The van der Waals surface area contributed by atoms with E-state index in [0.29, 0.717) is 5.56 Å². The molecule has 0 bridgehead atoms. The van der Waals surface area contributed by atoms with Crippen molar-refractivity contribution in [2.45, 2.75) is 6.92 Å². The average molecular weight is 346 g/mol. The Balaban J connectivity index is 1.87. The summed E-state index contributed by atoms with van der Waals surface area (Å²) in [6.07, 6.45) is 0. The molecule has 0 aliphatic heterocycles. The second-order valence-electron chi connectivity index (χ2n) is 4.64. The maximum Gasteiger partial charge on any atom is 0.255 e. The van der Waals surface area contributed by atoms with E-state index in [-0.39, 0.29) is 5.91 Å². The molecule has 3 rings (SSSR count). The second kappa shape index (κ2) is 5.38. The van der Waals surface area contributed by atoms with E-state index in [9.17, 15) is 4.79 Å². The van der Waals surface area contributed by atoms with Crippen molar-refractivity contribution in [1.82, 2.24) is 0 Å². The van der Waals surface area contributed by atoms with Gasteiger partial charge in [0.15, 0.2) is 0 Å². The number of thiophene rings is 1. The molecule has 0 fully saturated rings. The quantitative estimate of drug-likeness (QED) is 0.677. The SMILES string of the molecule is Cc1cc(Br)cc(C(=O)Nc2ccc3sccc3c2)c1. The Morgan fingerprint density at radius 1 is 1.15 bits per heavy atom. The van der Waals surface area contributed by atoms with Crippen LogP contribution in [-0.4, -0.2) is 5.91 Å². The molecule has 0 unspecified atom stereocenters. The molecule has 0 radical (unpaired) electrons. The van der Waals surface area contributed by atoms with Crippen LogP contribution in [0, 0.1) is 6.92 Å². The smallest absolute Gasteiger partial charge is 0.255 e. The van der Waals surface area contributed by atoms with Crippen LogP contribution in [0.25, 0.3) is 10.1 Å². The summed E-state index contributed by atoms with van der Waals surface area (Å²) in [6, 6.07) is 13.7. The van der Waals surface area contributed by atoms with Gasteiger partial charge < -0.3 is 5.32 Å². The zero-order valence-corrected chi connectivity index (χ0v) is 13.2. The molecule has 0 saturated carbocycles. The number of benzene rings is 2. The Morgan fingerprint density at radius 3 is 2.80 bits per heavy atom. The zero-order chi connectivity index (χ0) is 14.1. The summed E-state index contributed by atoms with van der Waals surface area (Å²) in [4.78, 5) is 12.3. The van der Waals surface area contributed by atoms with Gasteiger partial charge in [-0.05, 0) is 65.7 Å². The molecule has 1 heterocycles. The van der Waals surface area contributed by atoms with Gasteiger partial charge in [0.1, 0.15) is 0 Å². The van der Waals surface area contributed by atoms with E-state index >= 15 is 0 Å². The minimum Gasteiger partial charge on any atom is -0.322 e. The van der Waals surface area contributed by atoms with Gasteiger partial charge in [0.05, 0.1) is 0 Å². The van der Waals surface area contributed by atoms with E-state index in [1.807, 2.05) is 48.7 Å². The van der Waals surface area contributed by atoms with Crippen LogP contribution in [0.15, 0.2) is 52.3 Å². The zero-order valence-electron chi connectivity index (χ0n) is 10.8. The molecule has 3 aromatic rings. The van der Waals surface area contributed by atoms with Crippen molar-refractivity contribution in [3.05, 3.63) is 63.4 Å². The lowest BCUT2D eigenvalue weighted by Gasteiger charge is -2.07. The van der Waals surface area contributed by atoms with E-state index in [2.05, 4.69) is 27.3 Å². The molecule has 0 saturated heterocycles. The molecule has 2 nitrogen and oxygen atoms in total. The van der Waals surface area contributed by atoms with Crippen molar-refractivity contribution in [1.29, 1.82) is 0 Å². The highest BCUT2D eigenvalue weighted by Gasteiger charge is 2.08. The van der Waals surface area contributed by atoms with Gasteiger partial charge in [0, 0.05) is 20.4 Å². The number of halogens is 1. The highest BCUT2D eigenvalue weighted by atomic mass is 79.9. The maximum absolute atomic E-state index is 12.3. The number of amides is 1. The number of aryl methyl sites for hydroxylation is 1. The lowest BCUT2D eigenvalue weighted by Crippen LogP contribution is -2.11. The van der Waals surface area contributed by atoms with Gasteiger partial charge in [-0.3, -0.25) is 4.79 Å². The van der Waals surface area contributed by atoms with E-state index in [0.717, 1.165) is 21.1 Å². The number of hydrogen-bond donors (Lipinski definition) is 1. The predicted molar refractivity (Wildman–Crippen MR) is 88.7 cm³/mol. The summed E-state index contributed by atoms with van der Waals surface area (Å²) in [6.45, 7) is 1.97. The van der Waals surface area contributed by atoms with Crippen LogP contribution in [0.4, 0.5) is 5.69 Å². The Hall–Kier alpha value is -1.65. The number of rotatable bonds is 2. The molecule has 0 aliphatic rings. The lowest BCUT2D eigenvalue weighted by molar-refractivity contribution is 0.102. The van der Waals surface area contributed by atoms with Gasteiger partial charge in [-0.25, -0.2) is 0 Å². The van der Waals surface area contributed by atoms with Crippen LogP contribution in [0.5, 0.6) is 0 Å². The number of carbonyl (C=O) groups excluding carboxylic acids is 1. The normalized spacial score (nSPS) is 10.7. The van der Waals surface area contributed by atoms with Gasteiger partial charge in [-0.2, -0.15) is 0 Å². The van der Waals surface area contributed by atoms with E-state index < -0.39 is 0 Å². The highest BCUT2D eigenvalue weighted by Crippen LogP contribution is 2.24. The van der Waals surface area contributed by atoms with Crippen molar-refractivity contribution in [2.24, 2.45) is 0 Å². The fraction of sp³-hybridized carbons (Fsp3) is 0.0625.